The van der Waals surface area contributed by atoms with Gasteiger partial charge in [-0.15, -0.1) is 19.0 Å². The van der Waals surface area contributed by atoms with E-state index in [9.17, 15) is 26.8 Å². The third-order valence-electron chi connectivity index (χ3n) is 7.12. The Hall–Kier alpha value is -4.20. The van der Waals surface area contributed by atoms with Gasteiger partial charge in [0.1, 0.15) is 23.1 Å². The van der Waals surface area contributed by atoms with Gasteiger partial charge in [0, 0.05) is 44.0 Å². The minimum absolute atomic E-state index is 0. The van der Waals surface area contributed by atoms with E-state index in [-0.39, 0.29) is 24.1 Å². The van der Waals surface area contributed by atoms with Crippen LogP contribution in [0.5, 0.6) is 11.5 Å². The lowest BCUT2D eigenvalue weighted by Crippen LogP contribution is -2.49. The Bertz CT molecular complexity index is 1600. The predicted octanol–water partition coefficient (Wildman–Crippen LogP) is 5.72. The van der Waals surface area contributed by atoms with Gasteiger partial charge in [-0.2, -0.15) is 0 Å². The van der Waals surface area contributed by atoms with E-state index in [1.165, 1.54) is 0 Å². The summed E-state index contributed by atoms with van der Waals surface area (Å²) in [5.41, 5.74) is 5.87. The first-order chi connectivity index (χ1) is 20.9. The topological polar surface area (TPSA) is 134 Å². The third kappa shape index (κ3) is 10.2. The second-order valence-electron chi connectivity index (χ2n) is 10.5. The average Bonchev–Trinajstić information content (AvgIpc) is 2.96. The normalized spacial score (nSPS) is 13.8. The van der Waals surface area contributed by atoms with Gasteiger partial charge in [-0.05, 0) is 67.3 Å². The third-order valence-corrected chi connectivity index (χ3v) is 7.73. The number of amides is 3. The molecule has 0 saturated carbocycles. The molecule has 1 aliphatic rings. The first kappa shape index (κ1) is 35.3. The first-order valence-electron chi connectivity index (χ1n) is 14.0. The molecule has 14 heteroatoms. The standard InChI is InChI=1S/C31H35F2N5O5S.ClH/c1-3-4-15-38(31(40)35-29-18-26(30(34)39)27(32)19-28(29)33)23-13-16-37(17-14-23)20-21-5-9-24(10-6-21)43-25-11-7-22(8-12-25)36-44(2,41)42;/h3,5-12,18-19,23,36H,1,4,13-17,20H2,2H3,(H2,34,39)(H,35,40);1H. The lowest BCUT2D eigenvalue weighted by atomic mass is 10.0. The number of carbonyl (C=O) groups is 2. The Labute approximate surface area is 267 Å². The molecule has 3 aromatic carbocycles. The van der Waals surface area contributed by atoms with Crippen molar-refractivity contribution < 1.29 is 31.5 Å². The maximum absolute atomic E-state index is 14.4. The van der Waals surface area contributed by atoms with Gasteiger partial charge >= 0.3 is 6.03 Å². The zero-order valence-corrected chi connectivity index (χ0v) is 26.3. The molecule has 3 aromatic rings. The number of halogens is 3. The van der Waals surface area contributed by atoms with Crippen molar-refractivity contribution in [2.45, 2.75) is 31.8 Å². The number of likely N-dealkylation sites (tertiary alicyclic amines) is 1. The van der Waals surface area contributed by atoms with Gasteiger partial charge in [0.2, 0.25) is 10.0 Å². The molecular weight excluding hydrogens is 628 g/mol. The number of nitrogens with zero attached hydrogens (tertiary/aromatic N) is 2. The maximum Gasteiger partial charge on any atom is 0.322 e. The minimum atomic E-state index is -3.35. The van der Waals surface area contributed by atoms with Crippen molar-refractivity contribution in [3.05, 3.63) is 96.1 Å². The van der Waals surface area contributed by atoms with Crippen molar-refractivity contribution in [3.8, 4) is 11.5 Å². The van der Waals surface area contributed by atoms with Gasteiger partial charge in [-0.1, -0.05) is 18.2 Å². The lowest BCUT2D eigenvalue weighted by Gasteiger charge is -2.38. The summed E-state index contributed by atoms with van der Waals surface area (Å²) in [7, 11) is -3.35. The molecule has 4 N–H and O–H groups in total. The van der Waals surface area contributed by atoms with E-state index in [0.717, 1.165) is 31.0 Å². The fourth-order valence-electron chi connectivity index (χ4n) is 4.95. The van der Waals surface area contributed by atoms with Crippen LogP contribution in [0.2, 0.25) is 0 Å². The maximum atomic E-state index is 14.4. The number of nitrogens with one attached hydrogen (secondary N) is 2. The molecule has 0 atom stereocenters. The highest BCUT2D eigenvalue weighted by molar-refractivity contribution is 7.92. The highest BCUT2D eigenvalue weighted by Crippen LogP contribution is 2.26. The predicted molar refractivity (Wildman–Crippen MR) is 172 cm³/mol. The van der Waals surface area contributed by atoms with Gasteiger partial charge in [0.25, 0.3) is 5.91 Å². The number of hydrogen-bond acceptors (Lipinski definition) is 6. The summed E-state index contributed by atoms with van der Waals surface area (Å²) in [4.78, 5) is 28.6. The zero-order valence-electron chi connectivity index (χ0n) is 24.7. The molecule has 242 valence electrons. The summed E-state index contributed by atoms with van der Waals surface area (Å²) in [5.74, 6) is -1.95. The van der Waals surface area contributed by atoms with E-state index < -0.39 is 39.2 Å². The molecule has 10 nitrogen and oxygen atoms in total. The molecule has 0 aromatic heterocycles. The lowest BCUT2D eigenvalue weighted by molar-refractivity contribution is 0.0996. The molecule has 0 unspecified atom stereocenters. The molecule has 1 saturated heterocycles. The fraction of sp³-hybridized carbons (Fsp3) is 0.290. The average molecular weight is 664 g/mol. The Morgan fingerprint density at radius 2 is 1.64 bits per heavy atom. The van der Waals surface area contributed by atoms with Crippen molar-refractivity contribution in [1.82, 2.24) is 9.80 Å². The van der Waals surface area contributed by atoms with Crippen molar-refractivity contribution in [2.75, 3.05) is 35.9 Å². The molecule has 1 heterocycles. The van der Waals surface area contributed by atoms with Crippen molar-refractivity contribution in [2.24, 2.45) is 5.73 Å². The van der Waals surface area contributed by atoms with Crippen molar-refractivity contribution in [3.63, 3.8) is 0 Å². The number of carbonyl (C=O) groups excluding carboxylic acids is 2. The van der Waals surface area contributed by atoms with Crippen LogP contribution < -0.4 is 20.5 Å². The van der Waals surface area contributed by atoms with Gasteiger partial charge in [0.15, 0.2) is 0 Å². The van der Waals surface area contributed by atoms with E-state index in [1.54, 1.807) is 35.2 Å². The first-order valence-corrected chi connectivity index (χ1v) is 15.9. The van der Waals surface area contributed by atoms with Crippen LogP contribution in [0.25, 0.3) is 0 Å². The van der Waals surface area contributed by atoms with Gasteiger partial charge < -0.3 is 20.7 Å². The van der Waals surface area contributed by atoms with E-state index in [4.69, 9.17) is 10.5 Å². The number of benzene rings is 3. The van der Waals surface area contributed by atoms with Gasteiger partial charge in [-0.25, -0.2) is 22.0 Å². The highest BCUT2D eigenvalue weighted by atomic mass is 35.5. The summed E-state index contributed by atoms with van der Waals surface area (Å²) in [6.07, 6.45) is 4.69. The molecular formula is C31H36ClF2N5O5S. The number of ether oxygens (including phenoxy) is 1. The molecule has 0 aliphatic carbocycles. The largest absolute Gasteiger partial charge is 0.457 e. The Morgan fingerprint density at radius 3 is 2.20 bits per heavy atom. The molecule has 0 spiro atoms. The zero-order chi connectivity index (χ0) is 31.9. The van der Waals surface area contributed by atoms with Crippen LogP contribution in [-0.2, 0) is 16.6 Å². The number of rotatable bonds is 12. The van der Waals surface area contributed by atoms with E-state index >= 15 is 0 Å². The second kappa shape index (κ2) is 15.7. The van der Waals surface area contributed by atoms with Crippen LogP contribution in [0.4, 0.5) is 25.0 Å². The molecule has 0 bridgehead atoms. The van der Waals surface area contributed by atoms with Crippen molar-refractivity contribution in [1.29, 1.82) is 0 Å². The second-order valence-corrected chi connectivity index (χ2v) is 12.3. The molecule has 45 heavy (non-hydrogen) atoms. The summed E-state index contributed by atoms with van der Waals surface area (Å²) < 4.78 is 59.3. The van der Waals surface area contributed by atoms with Crippen LogP contribution in [0.15, 0.2) is 73.3 Å². The minimum Gasteiger partial charge on any atom is -0.457 e. The summed E-state index contributed by atoms with van der Waals surface area (Å²) in [5, 5.41) is 2.47. The smallest absolute Gasteiger partial charge is 0.322 e. The molecule has 4 rings (SSSR count). The SMILES string of the molecule is C=CCCN(C(=O)Nc1cc(C(N)=O)c(F)cc1F)C1CCN(Cc2ccc(Oc3ccc(NS(C)(=O)=O)cc3)cc2)CC1.Cl. The Morgan fingerprint density at radius 1 is 1.04 bits per heavy atom. The number of anilines is 2. The van der Waals surface area contributed by atoms with Crippen molar-refractivity contribution >= 4 is 45.7 Å². The van der Waals surface area contributed by atoms with Crippen LogP contribution in [0, 0.1) is 11.6 Å². The van der Waals surface area contributed by atoms with Crippen LogP contribution in [0.3, 0.4) is 0 Å². The van der Waals surface area contributed by atoms with E-state index in [1.807, 2.05) is 24.3 Å². The molecule has 1 aliphatic heterocycles. The monoisotopic (exact) mass is 663 g/mol. The Balaban J connectivity index is 0.00000552. The van der Waals surface area contributed by atoms with E-state index in [0.29, 0.717) is 55.6 Å². The number of sulfonamides is 1. The molecule has 3 amide bonds. The van der Waals surface area contributed by atoms with Gasteiger partial charge in [-0.3, -0.25) is 14.4 Å². The quantitative estimate of drug-likeness (QED) is 0.212. The molecule has 0 radical (unpaired) electrons. The fourth-order valence-corrected chi connectivity index (χ4v) is 5.52. The number of primary amides is 1. The number of hydrogen-bond donors (Lipinski definition) is 3. The summed E-state index contributed by atoms with van der Waals surface area (Å²) >= 11 is 0. The van der Waals surface area contributed by atoms with Crippen LogP contribution >= 0.6 is 12.4 Å². The summed E-state index contributed by atoms with van der Waals surface area (Å²) in [6, 6.07) is 15.1. The number of piperidine rings is 1. The highest BCUT2D eigenvalue weighted by Gasteiger charge is 2.28. The number of urea groups is 1. The summed E-state index contributed by atoms with van der Waals surface area (Å²) in [6.45, 7) is 6.25. The van der Waals surface area contributed by atoms with Crippen LogP contribution in [0.1, 0.15) is 35.2 Å². The molecule has 1 fully saturated rings. The van der Waals surface area contributed by atoms with E-state index in [2.05, 4.69) is 21.5 Å². The Kier molecular flexibility index (Phi) is 12.3. The van der Waals surface area contributed by atoms with Gasteiger partial charge in [0.05, 0.1) is 17.5 Å². The number of nitrogens with two attached hydrogens (primary N) is 1. The van der Waals surface area contributed by atoms with Crippen LogP contribution in [-0.4, -0.2) is 62.1 Å².